The molecular weight excluding hydrogens is 234 g/mol. The molecule has 0 atom stereocenters. The zero-order valence-electron chi connectivity index (χ0n) is 11.0. The van der Waals surface area contributed by atoms with Crippen molar-refractivity contribution >= 4 is 11.4 Å². The van der Waals surface area contributed by atoms with E-state index in [0.717, 1.165) is 23.5 Å². The number of aryl methyl sites for hydroxylation is 1. The molecule has 96 valence electrons. The second kappa shape index (κ2) is 5.19. The molecule has 3 rings (SSSR count). The molecule has 1 heterocycles. The Kier molecular flexibility index (Phi) is 3.23. The molecular formula is C17H17NO. The number of hydrogen-bond acceptors (Lipinski definition) is 2. The highest BCUT2D eigenvalue weighted by molar-refractivity contribution is 5.72. The highest BCUT2D eigenvalue weighted by atomic mass is 16.5. The summed E-state index contributed by atoms with van der Waals surface area (Å²) in [6.07, 6.45) is 5.16. The third-order valence-corrected chi connectivity index (χ3v) is 3.32. The van der Waals surface area contributed by atoms with Crippen LogP contribution in [0.25, 0.3) is 0 Å². The molecule has 0 saturated heterocycles. The number of ether oxygens (including phenoxy) is 1. The summed E-state index contributed by atoms with van der Waals surface area (Å²) in [7, 11) is 0. The molecule has 2 aromatic carbocycles. The number of fused-ring (bicyclic) bond motifs is 1. The fraction of sp³-hybridized carbons (Fsp3) is 0.176. The second-order valence-corrected chi connectivity index (χ2v) is 4.72. The SMILES string of the molecule is Cc1ccc2c(c1Nc1ccccc1)OCC=CC2. The Labute approximate surface area is 113 Å². The van der Waals surface area contributed by atoms with Gasteiger partial charge in [0.1, 0.15) is 12.4 Å². The van der Waals surface area contributed by atoms with Crippen molar-refractivity contribution in [1.29, 1.82) is 0 Å². The first-order valence-electron chi connectivity index (χ1n) is 6.57. The van der Waals surface area contributed by atoms with Crippen LogP contribution in [0.1, 0.15) is 11.1 Å². The minimum atomic E-state index is 0.639. The average Bonchev–Trinajstić information content (AvgIpc) is 2.69. The van der Waals surface area contributed by atoms with Crippen LogP contribution in [-0.4, -0.2) is 6.61 Å². The van der Waals surface area contributed by atoms with E-state index >= 15 is 0 Å². The van der Waals surface area contributed by atoms with Crippen LogP contribution in [0.3, 0.4) is 0 Å². The van der Waals surface area contributed by atoms with Crippen LogP contribution in [0.5, 0.6) is 5.75 Å². The molecule has 2 heteroatoms. The average molecular weight is 251 g/mol. The topological polar surface area (TPSA) is 21.3 Å². The molecule has 0 aromatic heterocycles. The van der Waals surface area contributed by atoms with Gasteiger partial charge in [-0.1, -0.05) is 42.5 Å². The molecule has 1 aliphatic heterocycles. The lowest BCUT2D eigenvalue weighted by atomic mass is 10.1. The normalized spacial score (nSPS) is 13.3. The summed E-state index contributed by atoms with van der Waals surface area (Å²) in [6.45, 7) is 2.74. The van der Waals surface area contributed by atoms with Crippen LogP contribution < -0.4 is 10.1 Å². The lowest BCUT2D eigenvalue weighted by molar-refractivity contribution is 0.364. The van der Waals surface area contributed by atoms with Crippen molar-refractivity contribution in [2.24, 2.45) is 0 Å². The van der Waals surface area contributed by atoms with Gasteiger partial charge in [-0.3, -0.25) is 0 Å². The molecule has 1 aliphatic rings. The third-order valence-electron chi connectivity index (χ3n) is 3.32. The first-order chi connectivity index (χ1) is 9.34. The van der Waals surface area contributed by atoms with Gasteiger partial charge >= 0.3 is 0 Å². The maximum atomic E-state index is 5.88. The van der Waals surface area contributed by atoms with E-state index in [-0.39, 0.29) is 0 Å². The Hall–Kier alpha value is -2.22. The smallest absolute Gasteiger partial charge is 0.146 e. The van der Waals surface area contributed by atoms with Gasteiger partial charge in [0.25, 0.3) is 0 Å². The molecule has 0 radical (unpaired) electrons. The van der Waals surface area contributed by atoms with Crippen LogP contribution in [-0.2, 0) is 6.42 Å². The van der Waals surface area contributed by atoms with Crippen molar-refractivity contribution in [2.75, 3.05) is 11.9 Å². The standard InChI is InChI=1S/C17H17NO/c1-13-10-11-14-7-5-6-12-19-17(14)16(13)18-15-8-3-2-4-9-15/h2-6,8-11,18H,7,12H2,1H3. The Morgan fingerprint density at radius 2 is 1.84 bits per heavy atom. The number of benzene rings is 2. The Morgan fingerprint density at radius 1 is 1.00 bits per heavy atom. The van der Waals surface area contributed by atoms with Gasteiger partial charge < -0.3 is 10.1 Å². The van der Waals surface area contributed by atoms with E-state index in [1.165, 1.54) is 11.1 Å². The fourth-order valence-corrected chi connectivity index (χ4v) is 2.28. The van der Waals surface area contributed by atoms with Crippen LogP contribution in [0.2, 0.25) is 0 Å². The summed E-state index contributed by atoms with van der Waals surface area (Å²) in [5, 5.41) is 3.48. The minimum Gasteiger partial charge on any atom is -0.487 e. The summed E-state index contributed by atoms with van der Waals surface area (Å²) in [5.41, 5.74) is 4.59. The molecule has 0 spiro atoms. The summed E-state index contributed by atoms with van der Waals surface area (Å²) in [5.74, 6) is 0.980. The van der Waals surface area contributed by atoms with E-state index in [1.54, 1.807) is 0 Å². The van der Waals surface area contributed by atoms with Crippen molar-refractivity contribution < 1.29 is 4.74 Å². The van der Waals surface area contributed by atoms with E-state index in [9.17, 15) is 0 Å². The first kappa shape index (κ1) is 11.8. The molecule has 19 heavy (non-hydrogen) atoms. The Balaban J connectivity index is 2.01. The van der Waals surface area contributed by atoms with Gasteiger partial charge in [-0.25, -0.2) is 0 Å². The molecule has 0 amide bonds. The zero-order valence-corrected chi connectivity index (χ0v) is 11.0. The molecule has 0 bridgehead atoms. The highest BCUT2D eigenvalue weighted by Crippen LogP contribution is 2.36. The number of rotatable bonds is 2. The molecule has 1 N–H and O–H groups in total. The van der Waals surface area contributed by atoms with Crippen molar-refractivity contribution in [1.82, 2.24) is 0 Å². The van der Waals surface area contributed by atoms with Crippen molar-refractivity contribution in [3.05, 3.63) is 65.7 Å². The molecule has 0 aliphatic carbocycles. The lowest BCUT2D eigenvalue weighted by Gasteiger charge is -2.17. The largest absolute Gasteiger partial charge is 0.487 e. The van der Waals surface area contributed by atoms with Crippen LogP contribution in [0, 0.1) is 6.92 Å². The van der Waals surface area contributed by atoms with Crippen LogP contribution >= 0.6 is 0 Å². The van der Waals surface area contributed by atoms with E-state index in [4.69, 9.17) is 4.74 Å². The molecule has 0 unspecified atom stereocenters. The van der Waals surface area contributed by atoms with Crippen LogP contribution in [0.4, 0.5) is 11.4 Å². The summed E-state index contributed by atoms with van der Waals surface area (Å²) >= 11 is 0. The van der Waals surface area contributed by atoms with Crippen molar-refractivity contribution in [2.45, 2.75) is 13.3 Å². The first-order valence-corrected chi connectivity index (χ1v) is 6.57. The number of hydrogen-bond donors (Lipinski definition) is 1. The number of para-hydroxylation sites is 1. The van der Waals surface area contributed by atoms with E-state index in [2.05, 4.69) is 48.7 Å². The van der Waals surface area contributed by atoms with Gasteiger partial charge in [0, 0.05) is 11.3 Å². The minimum absolute atomic E-state index is 0.639. The summed E-state index contributed by atoms with van der Waals surface area (Å²) < 4.78 is 5.88. The van der Waals surface area contributed by atoms with Crippen LogP contribution in [0.15, 0.2) is 54.6 Å². The quantitative estimate of drug-likeness (QED) is 0.806. The van der Waals surface area contributed by atoms with E-state index in [1.807, 2.05) is 18.2 Å². The summed E-state index contributed by atoms with van der Waals surface area (Å²) in [6, 6.07) is 14.5. The number of allylic oxidation sites excluding steroid dienone is 1. The predicted octanol–water partition coefficient (Wildman–Crippen LogP) is 4.23. The second-order valence-electron chi connectivity index (χ2n) is 4.72. The third kappa shape index (κ3) is 2.48. The predicted molar refractivity (Wildman–Crippen MR) is 79.2 cm³/mol. The van der Waals surface area contributed by atoms with Crippen molar-refractivity contribution in [3.8, 4) is 5.75 Å². The zero-order chi connectivity index (χ0) is 13.1. The molecule has 2 aromatic rings. The fourth-order valence-electron chi connectivity index (χ4n) is 2.28. The maximum absolute atomic E-state index is 5.88. The Bertz CT molecular complexity index is 602. The number of nitrogens with one attached hydrogen (secondary N) is 1. The van der Waals surface area contributed by atoms with Gasteiger partial charge in [-0.15, -0.1) is 0 Å². The maximum Gasteiger partial charge on any atom is 0.146 e. The Morgan fingerprint density at radius 3 is 2.68 bits per heavy atom. The van der Waals surface area contributed by atoms with Gasteiger partial charge in [0.15, 0.2) is 0 Å². The van der Waals surface area contributed by atoms with Crippen molar-refractivity contribution in [3.63, 3.8) is 0 Å². The highest BCUT2D eigenvalue weighted by Gasteiger charge is 2.13. The number of anilines is 2. The molecule has 2 nitrogen and oxygen atoms in total. The molecule has 0 fully saturated rings. The van der Waals surface area contributed by atoms with E-state index < -0.39 is 0 Å². The summed E-state index contributed by atoms with van der Waals surface area (Å²) in [4.78, 5) is 0. The van der Waals surface area contributed by atoms with Gasteiger partial charge in [-0.2, -0.15) is 0 Å². The van der Waals surface area contributed by atoms with Gasteiger partial charge in [0.2, 0.25) is 0 Å². The van der Waals surface area contributed by atoms with Gasteiger partial charge in [0.05, 0.1) is 5.69 Å². The van der Waals surface area contributed by atoms with Gasteiger partial charge in [-0.05, 0) is 31.0 Å². The monoisotopic (exact) mass is 251 g/mol. The molecule has 0 saturated carbocycles. The lowest BCUT2D eigenvalue weighted by Crippen LogP contribution is -2.02. The van der Waals surface area contributed by atoms with E-state index in [0.29, 0.717) is 6.61 Å².